The van der Waals surface area contributed by atoms with E-state index in [0.29, 0.717) is 24.1 Å². The van der Waals surface area contributed by atoms with E-state index in [9.17, 15) is 0 Å². The molecule has 4 nitrogen and oxygen atoms in total. The largest absolute Gasteiger partial charge is 0.375 e. The minimum absolute atomic E-state index is 0.498. The van der Waals surface area contributed by atoms with Gasteiger partial charge >= 0.3 is 0 Å². The van der Waals surface area contributed by atoms with Crippen molar-refractivity contribution in [3.05, 3.63) is 0 Å². The fourth-order valence-corrected chi connectivity index (χ4v) is 3.14. The van der Waals surface area contributed by atoms with Crippen LogP contribution >= 0.6 is 0 Å². The summed E-state index contributed by atoms with van der Waals surface area (Å²) in [6, 6.07) is 2.81. The van der Waals surface area contributed by atoms with Crippen LogP contribution in [0.25, 0.3) is 0 Å². The van der Waals surface area contributed by atoms with Crippen LogP contribution in [0.5, 0.6) is 0 Å². The first kappa shape index (κ1) is 8.05. The number of piperazine rings is 1. The lowest BCUT2D eigenvalue weighted by Gasteiger charge is -2.24. The van der Waals surface area contributed by atoms with E-state index in [1.54, 1.807) is 0 Å². The molecular weight excluding hydrogens is 178 g/mol. The summed E-state index contributed by atoms with van der Waals surface area (Å²) in [6.07, 6.45) is 1.82. The highest BCUT2D eigenvalue weighted by molar-refractivity contribution is 5.16. The lowest BCUT2D eigenvalue weighted by molar-refractivity contribution is 0.0832. The van der Waals surface area contributed by atoms with Gasteiger partial charge in [0.15, 0.2) is 0 Å². The van der Waals surface area contributed by atoms with E-state index in [1.165, 1.54) is 6.42 Å². The van der Waals surface area contributed by atoms with Gasteiger partial charge in [0.1, 0.15) is 0 Å². The molecule has 0 aromatic carbocycles. The lowest BCUT2D eigenvalue weighted by atomic mass is 10.1. The lowest BCUT2D eigenvalue weighted by Crippen LogP contribution is -2.50. The number of rotatable bonds is 1. The molecule has 2 aliphatic carbocycles. The molecule has 0 amide bonds. The summed E-state index contributed by atoms with van der Waals surface area (Å²) in [5.41, 5.74) is 0. The Morgan fingerprint density at radius 2 is 2.07 bits per heavy atom. The maximum absolute atomic E-state index is 5.74. The van der Waals surface area contributed by atoms with Crippen LogP contribution in [0.15, 0.2) is 0 Å². The Morgan fingerprint density at radius 3 is 2.86 bits per heavy atom. The summed E-state index contributed by atoms with van der Waals surface area (Å²) < 4.78 is 5.74. The summed E-state index contributed by atoms with van der Waals surface area (Å²) in [5.74, 6) is 0.714. The van der Waals surface area contributed by atoms with Gasteiger partial charge in [-0.2, -0.15) is 0 Å². The molecular formula is C10H17N3O. The standard InChI is InChI=1S/C10H17N3O/c1-2-14-10-8(9(10)11-1)7-4-12-5-3-6(5)13-7/h5-13H,1-4H2. The van der Waals surface area contributed by atoms with Crippen molar-refractivity contribution >= 4 is 0 Å². The number of hydrogen-bond acceptors (Lipinski definition) is 4. The minimum Gasteiger partial charge on any atom is -0.375 e. The Labute approximate surface area is 83.8 Å². The number of morpholine rings is 1. The first-order chi connectivity index (χ1) is 6.93. The molecule has 0 spiro atoms. The van der Waals surface area contributed by atoms with E-state index < -0.39 is 0 Å². The fraction of sp³-hybridized carbons (Fsp3) is 1.00. The average molecular weight is 195 g/mol. The zero-order valence-electron chi connectivity index (χ0n) is 8.20. The van der Waals surface area contributed by atoms with Crippen molar-refractivity contribution in [1.29, 1.82) is 0 Å². The molecule has 2 saturated carbocycles. The Balaban J connectivity index is 1.44. The Hall–Kier alpha value is -0.160. The van der Waals surface area contributed by atoms with E-state index >= 15 is 0 Å². The van der Waals surface area contributed by atoms with Crippen LogP contribution in [0.4, 0.5) is 0 Å². The first-order valence-corrected chi connectivity index (χ1v) is 5.78. The van der Waals surface area contributed by atoms with Gasteiger partial charge in [0.2, 0.25) is 0 Å². The van der Waals surface area contributed by atoms with Crippen LogP contribution in [-0.4, -0.2) is 50.0 Å². The smallest absolute Gasteiger partial charge is 0.0792 e. The molecule has 14 heavy (non-hydrogen) atoms. The van der Waals surface area contributed by atoms with Crippen LogP contribution < -0.4 is 16.0 Å². The molecule has 2 heterocycles. The quantitative estimate of drug-likeness (QED) is 0.485. The normalized spacial score (nSPS) is 60.0. The van der Waals surface area contributed by atoms with E-state index in [4.69, 9.17) is 4.74 Å². The van der Waals surface area contributed by atoms with Gasteiger partial charge in [-0.05, 0) is 6.42 Å². The summed E-state index contributed by atoms with van der Waals surface area (Å²) in [4.78, 5) is 0. The SMILES string of the molecule is C1COC2C(N1)C2C1CNC2CC2N1. The zero-order valence-corrected chi connectivity index (χ0v) is 8.20. The van der Waals surface area contributed by atoms with E-state index in [2.05, 4.69) is 16.0 Å². The molecule has 0 bridgehead atoms. The van der Waals surface area contributed by atoms with Gasteiger partial charge in [-0.15, -0.1) is 0 Å². The first-order valence-electron chi connectivity index (χ1n) is 5.78. The Kier molecular flexibility index (Phi) is 1.55. The summed E-state index contributed by atoms with van der Waals surface area (Å²) in [5, 5.41) is 10.9. The van der Waals surface area contributed by atoms with Gasteiger partial charge in [0, 0.05) is 43.2 Å². The molecule has 4 fully saturated rings. The number of nitrogens with one attached hydrogen (secondary N) is 3. The molecule has 4 rings (SSSR count). The predicted octanol–water partition coefficient (Wildman–Crippen LogP) is -1.32. The van der Waals surface area contributed by atoms with Crippen molar-refractivity contribution in [3.8, 4) is 0 Å². The number of ether oxygens (including phenoxy) is 1. The van der Waals surface area contributed by atoms with E-state index in [-0.39, 0.29) is 0 Å². The molecule has 3 N–H and O–H groups in total. The molecule has 6 unspecified atom stereocenters. The zero-order chi connectivity index (χ0) is 9.12. The summed E-state index contributed by atoms with van der Waals surface area (Å²) in [7, 11) is 0. The number of fused-ring (bicyclic) bond motifs is 2. The maximum atomic E-state index is 5.74. The van der Waals surface area contributed by atoms with Crippen molar-refractivity contribution in [2.24, 2.45) is 5.92 Å². The Morgan fingerprint density at radius 1 is 1.07 bits per heavy atom. The maximum Gasteiger partial charge on any atom is 0.0792 e. The molecule has 2 aliphatic heterocycles. The van der Waals surface area contributed by atoms with Gasteiger partial charge < -0.3 is 20.7 Å². The predicted molar refractivity (Wildman–Crippen MR) is 52.1 cm³/mol. The van der Waals surface area contributed by atoms with Crippen molar-refractivity contribution in [2.45, 2.75) is 36.7 Å². The third kappa shape index (κ3) is 1.08. The molecule has 78 valence electrons. The average Bonchev–Trinajstić information content (AvgIpc) is 3.11. The van der Waals surface area contributed by atoms with Crippen LogP contribution in [0, 0.1) is 5.92 Å². The Bertz CT molecular complexity index is 248. The molecule has 6 atom stereocenters. The summed E-state index contributed by atoms with van der Waals surface area (Å²) in [6.45, 7) is 3.05. The second-order valence-electron chi connectivity index (χ2n) is 5.02. The third-order valence-corrected chi connectivity index (χ3v) is 4.08. The molecule has 0 aromatic heterocycles. The highest BCUT2D eigenvalue weighted by Gasteiger charge is 2.58. The van der Waals surface area contributed by atoms with Crippen molar-refractivity contribution in [3.63, 3.8) is 0 Å². The molecule has 0 radical (unpaired) electrons. The second kappa shape index (κ2) is 2.70. The molecule has 2 saturated heterocycles. The topological polar surface area (TPSA) is 45.3 Å². The molecule has 0 aromatic rings. The van der Waals surface area contributed by atoms with Gasteiger partial charge in [-0.25, -0.2) is 0 Å². The monoisotopic (exact) mass is 195 g/mol. The van der Waals surface area contributed by atoms with E-state index in [0.717, 1.165) is 31.8 Å². The highest BCUT2D eigenvalue weighted by atomic mass is 16.5. The number of hydrogen-bond donors (Lipinski definition) is 3. The van der Waals surface area contributed by atoms with Gasteiger partial charge in [-0.1, -0.05) is 0 Å². The van der Waals surface area contributed by atoms with Crippen LogP contribution in [0.2, 0.25) is 0 Å². The fourth-order valence-electron chi connectivity index (χ4n) is 3.14. The van der Waals surface area contributed by atoms with Crippen molar-refractivity contribution in [1.82, 2.24) is 16.0 Å². The van der Waals surface area contributed by atoms with Crippen molar-refractivity contribution < 1.29 is 4.74 Å². The van der Waals surface area contributed by atoms with Gasteiger partial charge in [-0.3, -0.25) is 0 Å². The van der Waals surface area contributed by atoms with E-state index in [1.807, 2.05) is 0 Å². The summed E-state index contributed by atoms with van der Waals surface area (Å²) >= 11 is 0. The molecule has 4 aliphatic rings. The minimum atomic E-state index is 0.498. The van der Waals surface area contributed by atoms with Crippen LogP contribution in [0.3, 0.4) is 0 Å². The highest BCUT2D eigenvalue weighted by Crippen LogP contribution is 2.41. The van der Waals surface area contributed by atoms with Gasteiger partial charge in [0.05, 0.1) is 12.7 Å². The van der Waals surface area contributed by atoms with Crippen LogP contribution in [0.1, 0.15) is 6.42 Å². The van der Waals surface area contributed by atoms with Crippen LogP contribution in [-0.2, 0) is 4.74 Å². The molecule has 4 heteroatoms. The van der Waals surface area contributed by atoms with Gasteiger partial charge in [0.25, 0.3) is 0 Å². The third-order valence-electron chi connectivity index (χ3n) is 4.08. The second-order valence-corrected chi connectivity index (χ2v) is 5.02. The van der Waals surface area contributed by atoms with Crippen molar-refractivity contribution in [2.75, 3.05) is 19.7 Å².